The van der Waals surface area contributed by atoms with Crippen molar-refractivity contribution in [1.82, 2.24) is 0 Å². The van der Waals surface area contributed by atoms with Gasteiger partial charge < -0.3 is 4.74 Å². The first-order valence-electron chi connectivity index (χ1n) is 7.50. The molecule has 2 aromatic carbocycles. The Morgan fingerprint density at radius 2 is 1.83 bits per heavy atom. The van der Waals surface area contributed by atoms with E-state index >= 15 is 0 Å². The molecule has 0 bridgehead atoms. The fourth-order valence-corrected chi connectivity index (χ4v) is 3.50. The monoisotopic (exact) mass is 342 g/mol. The maximum atomic E-state index is 12.4. The second-order valence-electron chi connectivity index (χ2n) is 5.22. The van der Waals surface area contributed by atoms with Crippen LogP contribution in [0.3, 0.4) is 0 Å². The van der Waals surface area contributed by atoms with Gasteiger partial charge in [0.15, 0.2) is 9.84 Å². The number of carbonyl (C=O) groups is 1. The maximum absolute atomic E-state index is 12.4. The third kappa shape index (κ3) is 4.97. The van der Waals surface area contributed by atoms with Gasteiger partial charge in [-0.1, -0.05) is 30.3 Å². The van der Waals surface area contributed by atoms with Gasteiger partial charge in [-0.2, -0.15) is 0 Å². The van der Waals surface area contributed by atoms with Gasteiger partial charge >= 0.3 is 5.97 Å². The molecule has 0 saturated heterocycles. The average molecular weight is 342 g/mol. The van der Waals surface area contributed by atoms with Crippen LogP contribution in [-0.2, 0) is 20.3 Å². The Bertz CT molecular complexity index is 833. The van der Waals surface area contributed by atoms with Gasteiger partial charge in [-0.15, -0.1) is 12.3 Å². The van der Waals surface area contributed by atoms with Gasteiger partial charge in [-0.05, 0) is 36.2 Å². The molecule has 0 spiro atoms. The number of hydrogen-bond donors (Lipinski definition) is 0. The molecule has 0 heterocycles. The van der Waals surface area contributed by atoms with Crippen LogP contribution in [-0.4, -0.2) is 21.0 Å². The molecule has 0 atom stereocenters. The molecule has 0 fully saturated rings. The fourth-order valence-electron chi connectivity index (χ4n) is 2.14. The van der Waals surface area contributed by atoms with E-state index < -0.39 is 15.8 Å². The van der Waals surface area contributed by atoms with Crippen molar-refractivity contribution in [2.24, 2.45) is 0 Å². The van der Waals surface area contributed by atoms with Crippen molar-refractivity contribution in [2.45, 2.75) is 23.5 Å². The third-order valence-electron chi connectivity index (χ3n) is 3.32. The zero-order valence-corrected chi connectivity index (χ0v) is 14.0. The van der Waals surface area contributed by atoms with Crippen molar-refractivity contribution in [1.29, 1.82) is 0 Å². The summed E-state index contributed by atoms with van der Waals surface area (Å²) in [6.07, 6.45) is 6.28. The fraction of sp³-hybridized carbons (Fsp3) is 0.211. The van der Waals surface area contributed by atoms with Gasteiger partial charge in [-0.25, -0.2) is 13.2 Å². The zero-order chi connectivity index (χ0) is 17.4. The summed E-state index contributed by atoms with van der Waals surface area (Å²) < 4.78 is 29.9. The van der Waals surface area contributed by atoms with E-state index in [1.54, 1.807) is 54.6 Å². The van der Waals surface area contributed by atoms with E-state index in [1.807, 2.05) is 0 Å². The first-order chi connectivity index (χ1) is 11.5. The topological polar surface area (TPSA) is 60.4 Å². The highest BCUT2D eigenvalue weighted by Crippen LogP contribution is 2.17. The molecule has 0 aliphatic heterocycles. The van der Waals surface area contributed by atoms with Crippen LogP contribution in [0.4, 0.5) is 0 Å². The Morgan fingerprint density at radius 3 is 2.54 bits per heavy atom. The summed E-state index contributed by atoms with van der Waals surface area (Å²) in [4.78, 5) is 12.2. The van der Waals surface area contributed by atoms with E-state index in [1.165, 1.54) is 0 Å². The Balaban J connectivity index is 2.08. The van der Waals surface area contributed by atoms with Crippen LogP contribution in [0.25, 0.3) is 0 Å². The molecule has 0 radical (unpaired) electrons. The van der Waals surface area contributed by atoms with Gasteiger partial charge in [0.1, 0.15) is 0 Å². The zero-order valence-electron chi connectivity index (χ0n) is 13.1. The van der Waals surface area contributed by atoms with Crippen LogP contribution in [0, 0.1) is 12.3 Å². The number of terminal acetylenes is 1. The molecular weight excluding hydrogens is 324 g/mol. The molecule has 24 heavy (non-hydrogen) atoms. The van der Waals surface area contributed by atoms with Crippen molar-refractivity contribution < 1.29 is 17.9 Å². The highest BCUT2D eigenvalue weighted by Gasteiger charge is 2.16. The number of sulfone groups is 1. The quantitative estimate of drug-likeness (QED) is 0.440. The SMILES string of the molecule is C#CCCCOC(=O)c1cccc(CS(=O)(=O)c2ccccc2)c1. The Morgan fingerprint density at radius 1 is 1.08 bits per heavy atom. The number of unbranched alkanes of at least 4 members (excludes halogenated alkanes) is 1. The minimum atomic E-state index is -3.45. The Kier molecular flexibility index (Phi) is 6.16. The van der Waals surface area contributed by atoms with Crippen LogP contribution in [0.5, 0.6) is 0 Å². The lowest BCUT2D eigenvalue weighted by Gasteiger charge is -2.07. The van der Waals surface area contributed by atoms with Crippen molar-refractivity contribution in [2.75, 3.05) is 6.61 Å². The van der Waals surface area contributed by atoms with E-state index in [4.69, 9.17) is 11.2 Å². The second-order valence-corrected chi connectivity index (χ2v) is 7.21. The minimum absolute atomic E-state index is 0.171. The highest BCUT2D eigenvalue weighted by atomic mass is 32.2. The summed E-state index contributed by atoms with van der Waals surface area (Å²) in [5.41, 5.74) is 0.869. The molecule has 0 N–H and O–H groups in total. The molecule has 0 aliphatic carbocycles. The van der Waals surface area contributed by atoms with Crippen LogP contribution < -0.4 is 0 Å². The van der Waals surface area contributed by atoms with Gasteiger partial charge in [0.2, 0.25) is 0 Å². The lowest BCUT2D eigenvalue weighted by atomic mass is 10.1. The molecule has 2 aromatic rings. The van der Waals surface area contributed by atoms with Crippen LogP contribution in [0.15, 0.2) is 59.5 Å². The average Bonchev–Trinajstić information content (AvgIpc) is 2.59. The standard InChI is InChI=1S/C19H18O4S/c1-2-3-7-13-23-19(20)17-10-8-9-16(14-17)15-24(21,22)18-11-5-4-6-12-18/h1,4-6,8-12,14H,3,7,13,15H2. The predicted molar refractivity (Wildman–Crippen MR) is 92.1 cm³/mol. The summed E-state index contributed by atoms with van der Waals surface area (Å²) >= 11 is 0. The van der Waals surface area contributed by atoms with Gasteiger partial charge in [0, 0.05) is 6.42 Å². The first-order valence-corrected chi connectivity index (χ1v) is 9.15. The van der Waals surface area contributed by atoms with Crippen LogP contribution in [0.1, 0.15) is 28.8 Å². The lowest BCUT2D eigenvalue weighted by Crippen LogP contribution is -2.09. The van der Waals surface area contributed by atoms with Crippen molar-refractivity contribution in [3.63, 3.8) is 0 Å². The van der Waals surface area contributed by atoms with E-state index in [0.29, 0.717) is 24.0 Å². The third-order valence-corrected chi connectivity index (χ3v) is 5.02. The molecule has 0 aromatic heterocycles. The van der Waals surface area contributed by atoms with E-state index in [2.05, 4.69) is 5.92 Å². The number of carbonyl (C=O) groups excluding carboxylic acids is 1. The highest BCUT2D eigenvalue weighted by molar-refractivity contribution is 7.90. The number of hydrogen-bond acceptors (Lipinski definition) is 4. The van der Waals surface area contributed by atoms with Crippen molar-refractivity contribution in [3.8, 4) is 12.3 Å². The van der Waals surface area contributed by atoms with E-state index in [9.17, 15) is 13.2 Å². The molecule has 2 rings (SSSR count). The molecular formula is C19H18O4S. The number of rotatable bonds is 7. The molecule has 4 nitrogen and oxygen atoms in total. The first kappa shape index (κ1) is 17.8. The van der Waals surface area contributed by atoms with Gasteiger partial charge in [0.25, 0.3) is 0 Å². The summed E-state index contributed by atoms with van der Waals surface area (Å²) in [6, 6.07) is 14.7. The molecule has 5 heteroatoms. The van der Waals surface area contributed by atoms with E-state index in [0.717, 1.165) is 0 Å². The molecule has 0 aliphatic rings. The van der Waals surface area contributed by atoms with Crippen LogP contribution in [0.2, 0.25) is 0 Å². The Hall–Kier alpha value is -2.58. The predicted octanol–water partition coefficient (Wildman–Crippen LogP) is 3.23. The smallest absolute Gasteiger partial charge is 0.338 e. The number of ether oxygens (including phenoxy) is 1. The van der Waals surface area contributed by atoms with Crippen molar-refractivity contribution >= 4 is 15.8 Å². The number of benzene rings is 2. The molecule has 0 unspecified atom stereocenters. The Labute approximate surface area is 142 Å². The minimum Gasteiger partial charge on any atom is -0.462 e. The summed E-state index contributed by atoms with van der Waals surface area (Å²) in [6.45, 7) is 0.246. The summed E-state index contributed by atoms with van der Waals surface area (Å²) in [5, 5.41) is 0. The largest absolute Gasteiger partial charge is 0.462 e. The van der Waals surface area contributed by atoms with E-state index in [-0.39, 0.29) is 17.3 Å². The molecule has 0 amide bonds. The summed E-state index contributed by atoms with van der Waals surface area (Å²) in [5.74, 6) is 1.82. The van der Waals surface area contributed by atoms with Crippen LogP contribution >= 0.6 is 0 Å². The van der Waals surface area contributed by atoms with Gasteiger partial charge in [-0.3, -0.25) is 0 Å². The second kappa shape index (κ2) is 8.32. The molecule has 124 valence electrons. The normalized spacial score (nSPS) is 10.8. The number of esters is 1. The lowest BCUT2D eigenvalue weighted by molar-refractivity contribution is 0.0501. The summed E-state index contributed by atoms with van der Waals surface area (Å²) in [7, 11) is -3.45. The van der Waals surface area contributed by atoms with Gasteiger partial charge in [0.05, 0.1) is 22.8 Å². The van der Waals surface area contributed by atoms with Crippen molar-refractivity contribution in [3.05, 3.63) is 65.7 Å². The maximum Gasteiger partial charge on any atom is 0.338 e. The molecule has 0 saturated carbocycles.